The van der Waals surface area contributed by atoms with E-state index in [1.807, 2.05) is 0 Å². The van der Waals surface area contributed by atoms with Gasteiger partial charge in [-0.05, 0) is 65.1 Å². The molecule has 0 amide bonds. The van der Waals surface area contributed by atoms with E-state index in [1.54, 1.807) is 0 Å². The molecule has 0 N–H and O–H groups in total. The summed E-state index contributed by atoms with van der Waals surface area (Å²) in [7, 11) is 0. The molecule has 1 fully saturated rings. The van der Waals surface area contributed by atoms with Crippen LogP contribution in [-0.4, -0.2) is 23.5 Å². The summed E-state index contributed by atoms with van der Waals surface area (Å²) in [6.07, 6.45) is 1.39. The third-order valence-electron chi connectivity index (χ3n) is 3.03. The van der Waals surface area contributed by atoms with Crippen molar-refractivity contribution in [3.8, 4) is 0 Å². The molecule has 0 radical (unpaired) electrons. The lowest BCUT2D eigenvalue weighted by molar-refractivity contribution is 0.128. The zero-order valence-corrected chi connectivity index (χ0v) is 9.95. The van der Waals surface area contributed by atoms with Crippen molar-refractivity contribution in [3.05, 3.63) is 11.7 Å². The van der Waals surface area contributed by atoms with Gasteiger partial charge in [0.05, 0.1) is 0 Å². The van der Waals surface area contributed by atoms with Crippen molar-refractivity contribution < 1.29 is 8.78 Å². The normalized spacial score (nSPS) is 21.0. The first-order valence-electron chi connectivity index (χ1n) is 5.69. The molecular formula is C12H21F2N. The van der Waals surface area contributed by atoms with Crippen LogP contribution in [0.1, 0.15) is 46.5 Å². The molecule has 0 spiro atoms. The van der Waals surface area contributed by atoms with Gasteiger partial charge in [0.2, 0.25) is 0 Å². The minimum Gasteiger partial charge on any atom is -0.298 e. The molecule has 1 nitrogen and oxygen atoms in total. The second-order valence-corrected chi connectivity index (χ2v) is 5.23. The van der Waals surface area contributed by atoms with Gasteiger partial charge in [-0.15, -0.1) is 0 Å². The smallest absolute Gasteiger partial charge is 0.269 e. The highest BCUT2D eigenvalue weighted by Gasteiger charge is 2.22. The van der Waals surface area contributed by atoms with Crippen LogP contribution >= 0.6 is 0 Å². The third-order valence-corrected chi connectivity index (χ3v) is 3.03. The van der Waals surface area contributed by atoms with Crippen molar-refractivity contribution in [1.82, 2.24) is 4.90 Å². The van der Waals surface area contributed by atoms with Gasteiger partial charge >= 0.3 is 0 Å². The summed E-state index contributed by atoms with van der Waals surface area (Å²) >= 11 is 0. The van der Waals surface area contributed by atoms with Crippen LogP contribution < -0.4 is 0 Å². The SMILES string of the molecule is CC(C)(C)N1CCCC(=C(F)F)CCC1. The number of hydrogen-bond acceptors (Lipinski definition) is 1. The highest BCUT2D eigenvalue weighted by atomic mass is 19.3. The molecule has 88 valence electrons. The Morgan fingerprint density at radius 1 is 1.07 bits per heavy atom. The van der Waals surface area contributed by atoms with E-state index in [0.29, 0.717) is 18.4 Å². The summed E-state index contributed by atoms with van der Waals surface area (Å²) in [5.74, 6) is 0. The molecule has 0 unspecified atom stereocenters. The lowest BCUT2D eigenvalue weighted by Gasteiger charge is -2.37. The van der Waals surface area contributed by atoms with Gasteiger partial charge in [0, 0.05) is 5.54 Å². The number of nitrogens with zero attached hydrogens (tertiary/aromatic N) is 1. The molecule has 1 heterocycles. The Kier molecular flexibility index (Phi) is 4.26. The molecule has 0 saturated carbocycles. The first kappa shape index (κ1) is 12.6. The van der Waals surface area contributed by atoms with Gasteiger partial charge in [0.25, 0.3) is 6.08 Å². The molecule has 1 aliphatic rings. The molecule has 0 aromatic carbocycles. The van der Waals surface area contributed by atoms with Crippen molar-refractivity contribution in [2.24, 2.45) is 0 Å². The van der Waals surface area contributed by atoms with Crippen molar-refractivity contribution in [1.29, 1.82) is 0 Å². The van der Waals surface area contributed by atoms with E-state index < -0.39 is 6.08 Å². The van der Waals surface area contributed by atoms with Crippen LogP contribution in [0.5, 0.6) is 0 Å². The molecule has 15 heavy (non-hydrogen) atoms. The lowest BCUT2D eigenvalue weighted by Crippen LogP contribution is -2.43. The zero-order chi connectivity index (χ0) is 11.5. The summed E-state index contributed by atoms with van der Waals surface area (Å²) < 4.78 is 24.9. The molecule has 1 saturated heterocycles. The second-order valence-electron chi connectivity index (χ2n) is 5.23. The number of allylic oxidation sites excluding steroid dienone is 1. The van der Waals surface area contributed by atoms with Crippen LogP contribution in [0.2, 0.25) is 0 Å². The molecule has 0 aliphatic carbocycles. The number of rotatable bonds is 0. The maximum atomic E-state index is 12.4. The first-order chi connectivity index (χ1) is 6.91. The Balaban J connectivity index is 2.55. The topological polar surface area (TPSA) is 3.24 Å². The number of hydrogen-bond donors (Lipinski definition) is 0. The van der Waals surface area contributed by atoms with Crippen molar-refractivity contribution in [2.75, 3.05) is 13.1 Å². The molecule has 0 aromatic heterocycles. The van der Waals surface area contributed by atoms with E-state index in [2.05, 4.69) is 25.7 Å². The summed E-state index contributed by atoms with van der Waals surface area (Å²) in [5.41, 5.74) is 0.540. The average molecular weight is 217 g/mol. The minimum absolute atomic E-state index is 0.162. The predicted molar refractivity (Wildman–Crippen MR) is 59.0 cm³/mol. The monoisotopic (exact) mass is 217 g/mol. The predicted octanol–water partition coefficient (Wildman–Crippen LogP) is 3.81. The maximum absolute atomic E-state index is 12.4. The van der Waals surface area contributed by atoms with Crippen LogP contribution in [0.3, 0.4) is 0 Å². The molecular weight excluding hydrogens is 196 g/mol. The molecule has 0 bridgehead atoms. The van der Waals surface area contributed by atoms with Crippen molar-refractivity contribution >= 4 is 0 Å². The number of halogens is 2. The van der Waals surface area contributed by atoms with E-state index in [-0.39, 0.29) is 5.54 Å². The van der Waals surface area contributed by atoms with Crippen LogP contribution in [0, 0.1) is 0 Å². The third kappa shape index (κ3) is 3.90. The Morgan fingerprint density at radius 3 is 1.87 bits per heavy atom. The fraction of sp³-hybridized carbons (Fsp3) is 0.833. The quantitative estimate of drug-likeness (QED) is 0.596. The molecule has 1 aliphatic heterocycles. The zero-order valence-electron chi connectivity index (χ0n) is 9.95. The first-order valence-corrected chi connectivity index (χ1v) is 5.69. The van der Waals surface area contributed by atoms with Crippen LogP contribution in [-0.2, 0) is 0 Å². The van der Waals surface area contributed by atoms with Gasteiger partial charge in [0.15, 0.2) is 0 Å². The fourth-order valence-electron chi connectivity index (χ4n) is 2.06. The molecule has 0 atom stereocenters. The summed E-state index contributed by atoms with van der Waals surface area (Å²) in [6.45, 7) is 8.41. The largest absolute Gasteiger partial charge is 0.298 e. The van der Waals surface area contributed by atoms with E-state index in [1.165, 1.54) is 0 Å². The maximum Gasteiger partial charge on any atom is 0.269 e. The van der Waals surface area contributed by atoms with Crippen LogP contribution in [0.4, 0.5) is 8.78 Å². The van der Waals surface area contributed by atoms with E-state index in [9.17, 15) is 8.78 Å². The Hall–Kier alpha value is -0.440. The van der Waals surface area contributed by atoms with Gasteiger partial charge in [-0.25, -0.2) is 0 Å². The van der Waals surface area contributed by atoms with E-state index in [4.69, 9.17) is 0 Å². The number of likely N-dealkylation sites (tertiary alicyclic amines) is 1. The molecule has 3 heteroatoms. The van der Waals surface area contributed by atoms with Gasteiger partial charge in [-0.1, -0.05) is 0 Å². The van der Waals surface area contributed by atoms with Crippen LogP contribution in [0.15, 0.2) is 11.7 Å². The Morgan fingerprint density at radius 2 is 1.53 bits per heavy atom. The Labute approximate surface area is 91.1 Å². The molecule has 1 rings (SSSR count). The van der Waals surface area contributed by atoms with Gasteiger partial charge in [0.1, 0.15) is 0 Å². The summed E-state index contributed by atoms with van der Waals surface area (Å²) in [5, 5.41) is 0. The van der Waals surface area contributed by atoms with Gasteiger partial charge < -0.3 is 0 Å². The summed E-state index contributed by atoms with van der Waals surface area (Å²) in [6, 6.07) is 0. The standard InChI is InChI=1S/C12H21F2N/c1-12(2,3)15-8-4-6-10(11(13)14)7-5-9-15/h4-9H2,1-3H3. The average Bonchev–Trinajstić information content (AvgIpc) is 1.99. The van der Waals surface area contributed by atoms with Gasteiger partial charge in [-0.2, -0.15) is 8.78 Å². The minimum atomic E-state index is -1.45. The summed E-state index contributed by atoms with van der Waals surface area (Å²) in [4.78, 5) is 2.39. The van der Waals surface area contributed by atoms with E-state index >= 15 is 0 Å². The second kappa shape index (κ2) is 5.06. The van der Waals surface area contributed by atoms with E-state index in [0.717, 1.165) is 25.9 Å². The highest BCUT2D eigenvalue weighted by Crippen LogP contribution is 2.25. The van der Waals surface area contributed by atoms with Crippen LogP contribution in [0.25, 0.3) is 0 Å². The Bertz CT molecular complexity index is 224. The fourth-order valence-corrected chi connectivity index (χ4v) is 2.06. The van der Waals surface area contributed by atoms with Crippen molar-refractivity contribution in [3.63, 3.8) is 0 Å². The molecule has 0 aromatic rings. The highest BCUT2D eigenvalue weighted by molar-refractivity contribution is 5.03. The van der Waals surface area contributed by atoms with Crippen molar-refractivity contribution in [2.45, 2.75) is 52.0 Å². The lowest BCUT2D eigenvalue weighted by atomic mass is 9.99. The van der Waals surface area contributed by atoms with Gasteiger partial charge in [-0.3, -0.25) is 4.90 Å².